The molecule has 0 aliphatic carbocycles. The minimum absolute atomic E-state index is 0.224. The van der Waals surface area contributed by atoms with E-state index in [0.717, 1.165) is 25.3 Å². The van der Waals surface area contributed by atoms with Crippen LogP contribution in [0.15, 0.2) is 6.33 Å². The third kappa shape index (κ3) is 2.21. The highest BCUT2D eigenvalue weighted by Crippen LogP contribution is 2.17. The van der Waals surface area contributed by atoms with Crippen molar-refractivity contribution in [3.63, 3.8) is 0 Å². The second-order valence-electron chi connectivity index (χ2n) is 4.09. The van der Waals surface area contributed by atoms with Gasteiger partial charge in [-0.3, -0.25) is 9.69 Å². The first-order valence-corrected chi connectivity index (χ1v) is 5.52. The fourth-order valence-electron chi connectivity index (χ4n) is 2.04. The number of carbonyl (C=O) groups is 1. The second-order valence-corrected chi connectivity index (χ2v) is 4.09. The number of nitrogens with zero attached hydrogens (tertiary/aromatic N) is 4. The number of hydrogen-bond donors (Lipinski definition) is 1. The van der Waals surface area contributed by atoms with E-state index in [9.17, 15) is 4.79 Å². The van der Waals surface area contributed by atoms with Crippen LogP contribution in [0.2, 0.25) is 0 Å². The molecule has 16 heavy (non-hydrogen) atoms. The third-order valence-corrected chi connectivity index (χ3v) is 3.02. The highest BCUT2D eigenvalue weighted by molar-refractivity contribution is 5.70. The Morgan fingerprint density at radius 3 is 3.12 bits per heavy atom. The van der Waals surface area contributed by atoms with Gasteiger partial charge in [-0.2, -0.15) is 0 Å². The highest BCUT2D eigenvalue weighted by Gasteiger charge is 2.28. The molecule has 1 aromatic heterocycles. The maximum Gasteiger partial charge on any atom is 0.307 e. The minimum Gasteiger partial charge on any atom is -0.481 e. The number of rotatable bonds is 4. The van der Waals surface area contributed by atoms with Crippen molar-refractivity contribution in [2.75, 3.05) is 13.1 Å². The van der Waals surface area contributed by atoms with Crippen LogP contribution < -0.4 is 0 Å². The van der Waals surface area contributed by atoms with Crippen molar-refractivity contribution in [3.8, 4) is 0 Å². The summed E-state index contributed by atoms with van der Waals surface area (Å²) in [6.07, 6.45) is 2.44. The molecular formula is C10H16N4O2. The maximum atomic E-state index is 10.8. The summed E-state index contributed by atoms with van der Waals surface area (Å²) >= 11 is 0. The van der Waals surface area contributed by atoms with Crippen LogP contribution in [0.5, 0.6) is 0 Å². The van der Waals surface area contributed by atoms with E-state index in [-0.39, 0.29) is 5.92 Å². The van der Waals surface area contributed by atoms with Gasteiger partial charge in [-0.1, -0.05) is 0 Å². The van der Waals surface area contributed by atoms with Crippen LogP contribution in [-0.4, -0.2) is 43.8 Å². The summed E-state index contributed by atoms with van der Waals surface area (Å²) in [5.41, 5.74) is 0. The SMILES string of the molecule is CCn1cnnc1CN1CC[C@H](C(=O)O)C1. The Balaban J connectivity index is 1.94. The molecule has 0 unspecified atom stereocenters. The lowest BCUT2D eigenvalue weighted by Crippen LogP contribution is -2.24. The van der Waals surface area contributed by atoms with Gasteiger partial charge in [0.2, 0.25) is 0 Å². The molecule has 0 saturated carbocycles. The summed E-state index contributed by atoms with van der Waals surface area (Å²) in [5, 5.41) is 16.8. The van der Waals surface area contributed by atoms with Gasteiger partial charge in [-0.15, -0.1) is 10.2 Å². The van der Waals surface area contributed by atoms with Gasteiger partial charge in [0.1, 0.15) is 12.2 Å². The lowest BCUT2D eigenvalue weighted by Gasteiger charge is -2.14. The van der Waals surface area contributed by atoms with E-state index in [0.29, 0.717) is 13.1 Å². The van der Waals surface area contributed by atoms with Gasteiger partial charge in [-0.05, 0) is 19.9 Å². The Bertz CT molecular complexity index is 377. The molecule has 1 atom stereocenters. The topological polar surface area (TPSA) is 71.2 Å². The first-order valence-electron chi connectivity index (χ1n) is 5.52. The molecule has 1 aliphatic heterocycles. The number of hydrogen-bond acceptors (Lipinski definition) is 4. The molecule has 1 fully saturated rings. The van der Waals surface area contributed by atoms with Gasteiger partial charge >= 0.3 is 5.97 Å². The number of carboxylic acids is 1. The third-order valence-electron chi connectivity index (χ3n) is 3.02. The standard InChI is InChI=1S/C10H16N4O2/c1-2-14-7-11-12-9(14)6-13-4-3-8(5-13)10(15)16/h7-8H,2-6H2,1H3,(H,15,16)/t8-/m0/s1. The summed E-state index contributed by atoms with van der Waals surface area (Å²) in [4.78, 5) is 12.9. The van der Waals surface area contributed by atoms with Crippen molar-refractivity contribution in [1.29, 1.82) is 0 Å². The van der Waals surface area contributed by atoms with Crippen molar-refractivity contribution in [2.24, 2.45) is 5.92 Å². The predicted molar refractivity (Wildman–Crippen MR) is 56.7 cm³/mol. The van der Waals surface area contributed by atoms with Crippen molar-refractivity contribution in [1.82, 2.24) is 19.7 Å². The van der Waals surface area contributed by atoms with Crippen LogP contribution in [0.25, 0.3) is 0 Å². The summed E-state index contributed by atoms with van der Waals surface area (Å²) in [6.45, 7) is 5.02. The molecule has 0 radical (unpaired) electrons. The van der Waals surface area contributed by atoms with E-state index < -0.39 is 5.97 Å². The average Bonchev–Trinajstić information content (AvgIpc) is 2.87. The second kappa shape index (κ2) is 4.61. The Labute approximate surface area is 93.9 Å². The molecule has 88 valence electrons. The van der Waals surface area contributed by atoms with Gasteiger partial charge in [-0.25, -0.2) is 0 Å². The summed E-state index contributed by atoms with van der Waals surface area (Å²) in [6, 6.07) is 0. The van der Waals surface area contributed by atoms with E-state index in [1.807, 2.05) is 11.5 Å². The van der Waals surface area contributed by atoms with E-state index in [4.69, 9.17) is 5.11 Å². The van der Waals surface area contributed by atoms with Gasteiger partial charge in [0.05, 0.1) is 12.5 Å². The number of carboxylic acid groups (broad SMARTS) is 1. The molecule has 0 bridgehead atoms. The number of aromatic nitrogens is 3. The van der Waals surface area contributed by atoms with E-state index in [2.05, 4.69) is 15.1 Å². The number of aryl methyl sites for hydroxylation is 1. The van der Waals surface area contributed by atoms with Crippen LogP contribution in [0.4, 0.5) is 0 Å². The fourth-order valence-corrected chi connectivity index (χ4v) is 2.04. The molecule has 6 heteroatoms. The molecule has 2 heterocycles. The van der Waals surface area contributed by atoms with Crippen molar-refractivity contribution < 1.29 is 9.90 Å². The smallest absolute Gasteiger partial charge is 0.307 e. The van der Waals surface area contributed by atoms with Crippen molar-refractivity contribution >= 4 is 5.97 Å². The van der Waals surface area contributed by atoms with Gasteiger partial charge < -0.3 is 9.67 Å². The average molecular weight is 224 g/mol. The van der Waals surface area contributed by atoms with Crippen LogP contribution >= 0.6 is 0 Å². The monoisotopic (exact) mass is 224 g/mol. The normalized spacial score (nSPS) is 21.4. The molecule has 0 aromatic carbocycles. The molecular weight excluding hydrogens is 208 g/mol. The molecule has 2 rings (SSSR count). The summed E-state index contributed by atoms with van der Waals surface area (Å²) in [7, 11) is 0. The van der Waals surface area contributed by atoms with Crippen LogP contribution in [0.3, 0.4) is 0 Å². The lowest BCUT2D eigenvalue weighted by atomic mass is 10.1. The highest BCUT2D eigenvalue weighted by atomic mass is 16.4. The molecule has 0 amide bonds. The first-order chi connectivity index (χ1) is 7.70. The number of aliphatic carboxylic acids is 1. The van der Waals surface area contributed by atoms with Gasteiger partial charge in [0.15, 0.2) is 0 Å². The zero-order valence-corrected chi connectivity index (χ0v) is 9.33. The molecule has 1 saturated heterocycles. The zero-order valence-electron chi connectivity index (χ0n) is 9.33. The summed E-state index contributed by atoms with van der Waals surface area (Å²) < 4.78 is 1.98. The minimum atomic E-state index is -0.695. The van der Waals surface area contributed by atoms with Crippen LogP contribution in [0, 0.1) is 5.92 Å². The van der Waals surface area contributed by atoms with E-state index in [1.165, 1.54) is 0 Å². The zero-order chi connectivity index (χ0) is 11.5. The Morgan fingerprint density at radius 1 is 1.69 bits per heavy atom. The Kier molecular flexibility index (Phi) is 3.19. The first kappa shape index (κ1) is 11.1. The van der Waals surface area contributed by atoms with E-state index >= 15 is 0 Å². The van der Waals surface area contributed by atoms with Crippen LogP contribution in [0.1, 0.15) is 19.2 Å². The quantitative estimate of drug-likeness (QED) is 0.791. The molecule has 1 aliphatic rings. The Hall–Kier alpha value is -1.43. The predicted octanol–water partition coefficient (Wildman–Crippen LogP) is 0.204. The molecule has 1 aromatic rings. The lowest BCUT2D eigenvalue weighted by molar-refractivity contribution is -0.141. The van der Waals surface area contributed by atoms with Gasteiger partial charge in [0, 0.05) is 13.1 Å². The fraction of sp³-hybridized carbons (Fsp3) is 0.700. The summed E-state index contributed by atoms with van der Waals surface area (Å²) in [5.74, 6) is -0.00834. The molecule has 6 nitrogen and oxygen atoms in total. The maximum absolute atomic E-state index is 10.8. The molecule has 1 N–H and O–H groups in total. The molecule has 0 spiro atoms. The largest absolute Gasteiger partial charge is 0.481 e. The van der Waals surface area contributed by atoms with E-state index in [1.54, 1.807) is 6.33 Å². The Morgan fingerprint density at radius 2 is 2.50 bits per heavy atom. The van der Waals surface area contributed by atoms with Crippen molar-refractivity contribution in [3.05, 3.63) is 12.2 Å². The number of likely N-dealkylation sites (tertiary alicyclic amines) is 1. The van der Waals surface area contributed by atoms with Crippen molar-refractivity contribution in [2.45, 2.75) is 26.4 Å². The van der Waals surface area contributed by atoms with Gasteiger partial charge in [0.25, 0.3) is 0 Å². The van der Waals surface area contributed by atoms with Crippen LogP contribution in [-0.2, 0) is 17.9 Å².